The number of fused-ring (bicyclic) bond motifs is 1. The molecule has 0 radical (unpaired) electrons. The van der Waals surface area contributed by atoms with Crippen LogP contribution in [0.4, 0.5) is 5.69 Å². The fourth-order valence-electron chi connectivity index (χ4n) is 4.13. The van der Waals surface area contributed by atoms with Gasteiger partial charge in [0.2, 0.25) is 15.9 Å². The van der Waals surface area contributed by atoms with Crippen molar-refractivity contribution in [3.63, 3.8) is 0 Å². The summed E-state index contributed by atoms with van der Waals surface area (Å²) in [6.07, 6.45) is 1.03. The minimum absolute atomic E-state index is 0.0391. The van der Waals surface area contributed by atoms with Crippen LogP contribution >= 0.6 is 0 Å². The van der Waals surface area contributed by atoms with Crippen LogP contribution in [-0.4, -0.2) is 31.7 Å². The molecule has 0 bridgehead atoms. The number of amides is 1. The summed E-state index contributed by atoms with van der Waals surface area (Å²) in [5, 5.41) is 4.91. The SMILES string of the molecule is Cc1cc(C)cc(NC(=O)C2CCN(S(=O)(=O)c3ccc4ccccc4c3)CC2)c1. The fraction of sp³-hybridized carbons (Fsp3) is 0.292. The zero-order chi connectivity index (χ0) is 21.3. The molecule has 0 spiro atoms. The Hall–Kier alpha value is -2.70. The van der Waals surface area contributed by atoms with Crippen molar-refractivity contribution in [2.75, 3.05) is 18.4 Å². The van der Waals surface area contributed by atoms with Gasteiger partial charge < -0.3 is 5.32 Å². The van der Waals surface area contributed by atoms with Crippen LogP contribution < -0.4 is 5.32 Å². The molecule has 1 N–H and O–H groups in total. The van der Waals surface area contributed by atoms with Gasteiger partial charge in [-0.05, 0) is 72.9 Å². The number of rotatable bonds is 4. The van der Waals surface area contributed by atoms with E-state index in [2.05, 4.69) is 11.4 Å². The Kier molecular flexibility index (Phi) is 5.62. The zero-order valence-electron chi connectivity index (χ0n) is 17.3. The van der Waals surface area contributed by atoms with Crippen LogP contribution in [0.3, 0.4) is 0 Å². The molecule has 0 aliphatic carbocycles. The molecular formula is C24H26N2O3S. The van der Waals surface area contributed by atoms with E-state index in [1.165, 1.54) is 4.31 Å². The van der Waals surface area contributed by atoms with Gasteiger partial charge in [-0.25, -0.2) is 8.42 Å². The Balaban J connectivity index is 1.43. The average molecular weight is 423 g/mol. The number of carbonyl (C=O) groups is 1. The monoisotopic (exact) mass is 422 g/mol. The van der Waals surface area contributed by atoms with Gasteiger partial charge in [0.05, 0.1) is 4.90 Å². The lowest BCUT2D eigenvalue weighted by molar-refractivity contribution is -0.120. The van der Waals surface area contributed by atoms with Crippen LogP contribution in [-0.2, 0) is 14.8 Å². The number of carbonyl (C=O) groups excluding carboxylic acids is 1. The summed E-state index contributed by atoms with van der Waals surface area (Å²) in [5.74, 6) is -0.225. The normalized spacial score (nSPS) is 15.9. The Morgan fingerprint density at radius 2 is 1.53 bits per heavy atom. The highest BCUT2D eigenvalue weighted by molar-refractivity contribution is 7.89. The molecule has 4 rings (SSSR count). The summed E-state index contributed by atoms with van der Waals surface area (Å²) in [4.78, 5) is 13.0. The fourth-order valence-corrected chi connectivity index (χ4v) is 5.63. The van der Waals surface area contributed by atoms with Gasteiger partial charge in [0, 0.05) is 24.7 Å². The highest BCUT2D eigenvalue weighted by Gasteiger charge is 2.32. The van der Waals surface area contributed by atoms with E-state index in [4.69, 9.17) is 0 Å². The molecule has 3 aromatic carbocycles. The minimum Gasteiger partial charge on any atom is -0.326 e. The molecule has 1 fully saturated rings. The van der Waals surface area contributed by atoms with Crippen molar-refractivity contribution >= 4 is 32.4 Å². The molecule has 0 aromatic heterocycles. The van der Waals surface area contributed by atoms with Gasteiger partial charge >= 0.3 is 0 Å². The lowest BCUT2D eigenvalue weighted by Gasteiger charge is -2.30. The highest BCUT2D eigenvalue weighted by atomic mass is 32.2. The summed E-state index contributed by atoms with van der Waals surface area (Å²) in [6, 6.07) is 18.9. The van der Waals surface area contributed by atoms with Crippen LogP contribution in [0.1, 0.15) is 24.0 Å². The van der Waals surface area contributed by atoms with Gasteiger partial charge in [-0.2, -0.15) is 4.31 Å². The molecule has 1 amide bonds. The molecule has 6 heteroatoms. The number of hydrogen-bond acceptors (Lipinski definition) is 3. The molecule has 1 saturated heterocycles. The third kappa shape index (κ3) is 4.25. The Labute approximate surface area is 177 Å². The van der Waals surface area contributed by atoms with Gasteiger partial charge in [-0.3, -0.25) is 4.79 Å². The maximum Gasteiger partial charge on any atom is 0.243 e. The first-order valence-corrected chi connectivity index (χ1v) is 11.6. The molecular weight excluding hydrogens is 396 g/mol. The van der Waals surface area contributed by atoms with E-state index in [0.717, 1.165) is 27.6 Å². The van der Waals surface area contributed by atoms with E-state index in [1.54, 1.807) is 12.1 Å². The largest absolute Gasteiger partial charge is 0.326 e. The second-order valence-corrected chi connectivity index (χ2v) is 9.99. The molecule has 0 atom stereocenters. The molecule has 1 heterocycles. The standard InChI is InChI=1S/C24H26N2O3S/c1-17-13-18(2)15-22(14-17)25-24(27)20-9-11-26(12-10-20)30(28,29)23-8-7-19-5-3-4-6-21(19)16-23/h3-8,13-16,20H,9-12H2,1-2H3,(H,25,27). The maximum absolute atomic E-state index is 13.1. The van der Waals surface area contributed by atoms with E-state index in [-0.39, 0.29) is 11.8 Å². The maximum atomic E-state index is 13.1. The van der Waals surface area contributed by atoms with E-state index in [9.17, 15) is 13.2 Å². The van der Waals surface area contributed by atoms with Crippen LogP contribution in [0.25, 0.3) is 10.8 Å². The molecule has 0 unspecified atom stereocenters. The second-order valence-electron chi connectivity index (χ2n) is 8.05. The summed E-state index contributed by atoms with van der Waals surface area (Å²) < 4.78 is 27.7. The topological polar surface area (TPSA) is 66.5 Å². The quantitative estimate of drug-likeness (QED) is 0.673. The van der Waals surface area contributed by atoms with Crippen molar-refractivity contribution in [3.8, 4) is 0 Å². The first-order valence-electron chi connectivity index (χ1n) is 10.2. The molecule has 1 aliphatic rings. The van der Waals surface area contributed by atoms with Crippen molar-refractivity contribution in [2.45, 2.75) is 31.6 Å². The first-order chi connectivity index (χ1) is 14.3. The molecule has 156 valence electrons. The molecule has 1 aliphatic heterocycles. The predicted octanol–water partition coefficient (Wildman–Crippen LogP) is 4.50. The number of sulfonamides is 1. The number of hydrogen-bond donors (Lipinski definition) is 1. The summed E-state index contributed by atoms with van der Waals surface area (Å²) in [6.45, 7) is 4.69. The van der Waals surface area contributed by atoms with E-state index in [0.29, 0.717) is 30.8 Å². The predicted molar refractivity (Wildman–Crippen MR) is 120 cm³/mol. The number of nitrogens with zero attached hydrogens (tertiary/aromatic N) is 1. The third-order valence-corrected chi connectivity index (χ3v) is 7.57. The third-order valence-electron chi connectivity index (χ3n) is 5.67. The second kappa shape index (κ2) is 8.20. The number of anilines is 1. The van der Waals surface area contributed by atoms with Gasteiger partial charge in [0.15, 0.2) is 0 Å². The van der Waals surface area contributed by atoms with Gasteiger partial charge in [-0.15, -0.1) is 0 Å². The number of nitrogens with one attached hydrogen (secondary N) is 1. The van der Waals surface area contributed by atoms with Crippen molar-refractivity contribution in [3.05, 3.63) is 71.8 Å². The van der Waals surface area contributed by atoms with E-state index < -0.39 is 10.0 Å². The molecule has 5 nitrogen and oxygen atoms in total. The highest BCUT2D eigenvalue weighted by Crippen LogP contribution is 2.27. The van der Waals surface area contributed by atoms with Gasteiger partial charge in [0.1, 0.15) is 0 Å². The number of piperidine rings is 1. The first kappa shape index (κ1) is 20.6. The van der Waals surface area contributed by atoms with E-state index >= 15 is 0 Å². The van der Waals surface area contributed by atoms with Crippen LogP contribution in [0.15, 0.2) is 65.6 Å². The molecule has 3 aromatic rings. The average Bonchev–Trinajstić information content (AvgIpc) is 2.72. The lowest BCUT2D eigenvalue weighted by Crippen LogP contribution is -2.41. The zero-order valence-corrected chi connectivity index (χ0v) is 18.1. The molecule has 30 heavy (non-hydrogen) atoms. The van der Waals surface area contributed by atoms with Gasteiger partial charge in [0.25, 0.3) is 0 Å². The summed E-state index contributed by atoms with van der Waals surface area (Å²) in [5.41, 5.74) is 2.99. The molecule has 0 saturated carbocycles. The lowest BCUT2D eigenvalue weighted by atomic mass is 9.97. The van der Waals surface area contributed by atoms with E-state index in [1.807, 2.05) is 56.3 Å². The Bertz CT molecular complexity index is 1180. The summed E-state index contributed by atoms with van der Waals surface area (Å²) >= 11 is 0. The van der Waals surface area contributed by atoms with Crippen molar-refractivity contribution < 1.29 is 13.2 Å². The Morgan fingerprint density at radius 1 is 0.900 bits per heavy atom. The van der Waals surface area contributed by atoms with Crippen molar-refractivity contribution in [1.82, 2.24) is 4.31 Å². The van der Waals surface area contributed by atoms with Crippen LogP contribution in [0.5, 0.6) is 0 Å². The van der Waals surface area contributed by atoms with Crippen molar-refractivity contribution in [1.29, 1.82) is 0 Å². The van der Waals surface area contributed by atoms with Crippen molar-refractivity contribution in [2.24, 2.45) is 5.92 Å². The van der Waals surface area contributed by atoms with Crippen LogP contribution in [0, 0.1) is 19.8 Å². The van der Waals surface area contributed by atoms with Crippen LogP contribution in [0.2, 0.25) is 0 Å². The summed E-state index contributed by atoms with van der Waals surface area (Å²) in [7, 11) is -3.57. The smallest absolute Gasteiger partial charge is 0.243 e. The number of benzene rings is 3. The minimum atomic E-state index is -3.57. The van der Waals surface area contributed by atoms with Gasteiger partial charge in [-0.1, -0.05) is 36.4 Å². The number of aryl methyl sites for hydroxylation is 2. The Morgan fingerprint density at radius 3 is 2.20 bits per heavy atom.